The molecule has 1 aromatic rings. The summed E-state index contributed by atoms with van der Waals surface area (Å²) in [7, 11) is 0. The first-order valence-corrected chi connectivity index (χ1v) is 5.78. The Balaban J connectivity index is 2.06. The number of nitrogens with zero attached hydrogens (tertiary/aromatic N) is 2. The molecule has 1 atom stereocenters. The molecule has 2 heteroatoms. The highest BCUT2D eigenvalue weighted by Crippen LogP contribution is 2.13. The molecule has 0 amide bonds. The number of aromatic nitrogens is 2. The minimum Gasteiger partial charge on any atom is -0.337 e. The normalized spacial score (nSPS) is 13.0. The fourth-order valence-electron chi connectivity index (χ4n) is 1.68. The lowest BCUT2D eigenvalue weighted by Crippen LogP contribution is -2.02. The number of aryl methyl sites for hydroxylation is 1. The number of unbranched alkanes of at least 4 members (excludes halogenated alkanes) is 2. The fraction of sp³-hybridized carbons (Fsp3) is 0.750. The van der Waals surface area contributed by atoms with Crippen molar-refractivity contribution in [2.75, 3.05) is 0 Å². The topological polar surface area (TPSA) is 17.8 Å². The molecule has 80 valence electrons. The molecule has 0 saturated heterocycles. The van der Waals surface area contributed by atoms with E-state index in [2.05, 4.69) is 23.4 Å². The van der Waals surface area contributed by atoms with Crippen LogP contribution in [0, 0.1) is 5.92 Å². The summed E-state index contributed by atoms with van der Waals surface area (Å²) in [6.07, 6.45) is 12.5. The quantitative estimate of drug-likeness (QED) is 0.607. The third-order valence-electron chi connectivity index (χ3n) is 2.74. The maximum absolute atomic E-state index is 4.04. The Bertz CT molecular complexity index is 216. The van der Waals surface area contributed by atoms with Crippen molar-refractivity contribution in [2.24, 2.45) is 5.92 Å². The highest BCUT2D eigenvalue weighted by atomic mass is 15.0. The molecule has 1 heterocycles. The fourth-order valence-corrected chi connectivity index (χ4v) is 1.68. The van der Waals surface area contributed by atoms with Crippen molar-refractivity contribution in [1.82, 2.24) is 9.55 Å². The molecule has 0 aliphatic carbocycles. The van der Waals surface area contributed by atoms with Gasteiger partial charge in [0.05, 0.1) is 6.33 Å². The first kappa shape index (κ1) is 11.3. The van der Waals surface area contributed by atoms with Gasteiger partial charge in [-0.15, -0.1) is 0 Å². The van der Waals surface area contributed by atoms with Crippen molar-refractivity contribution >= 4 is 0 Å². The van der Waals surface area contributed by atoms with E-state index < -0.39 is 0 Å². The van der Waals surface area contributed by atoms with Gasteiger partial charge in [-0.1, -0.05) is 39.5 Å². The summed E-state index contributed by atoms with van der Waals surface area (Å²) in [5.74, 6) is 0.851. The van der Waals surface area contributed by atoms with Crippen LogP contribution in [-0.4, -0.2) is 9.55 Å². The number of rotatable bonds is 7. The zero-order chi connectivity index (χ0) is 10.2. The second kappa shape index (κ2) is 6.63. The lowest BCUT2D eigenvalue weighted by atomic mass is 10.00. The van der Waals surface area contributed by atoms with Crippen LogP contribution in [0.25, 0.3) is 0 Å². The Hall–Kier alpha value is -0.790. The maximum Gasteiger partial charge on any atom is 0.0945 e. The SMILES string of the molecule is CCCCCC(C)CCn1ccnc1. The largest absolute Gasteiger partial charge is 0.337 e. The van der Waals surface area contributed by atoms with Gasteiger partial charge in [0.15, 0.2) is 0 Å². The predicted octanol–water partition coefficient (Wildman–Crippen LogP) is 3.49. The molecule has 1 unspecified atom stereocenters. The molecule has 0 aliphatic heterocycles. The summed E-state index contributed by atoms with van der Waals surface area (Å²) in [4.78, 5) is 4.04. The molecule has 0 spiro atoms. The highest BCUT2D eigenvalue weighted by Gasteiger charge is 2.01. The minimum atomic E-state index is 0.851. The molecule has 0 N–H and O–H groups in total. The van der Waals surface area contributed by atoms with Crippen LogP contribution in [0.4, 0.5) is 0 Å². The van der Waals surface area contributed by atoms with E-state index in [0.717, 1.165) is 12.5 Å². The molecule has 0 bridgehead atoms. The number of imidazole rings is 1. The van der Waals surface area contributed by atoms with Gasteiger partial charge < -0.3 is 4.57 Å². The molecule has 0 fully saturated rings. The monoisotopic (exact) mass is 194 g/mol. The lowest BCUT2D eigenvalue weighted by molar-refractivity contribution is 0.432. The summed E-state index contributed by atoms with van der Waals surface area (Å²) in [6, 6.07) is 0. The Labute approximate surface area is 87.4 Å². The van der Waals surface area contributed by atoms with Crippen molar-refractivity contribution < 1.29 is 0 Å². The van der Waals surface area contributed by atoms with Gasteiger partial charge in [-0.3, -0.25) is 0 Å². The van der Waals surface area contributed by atoms with Crippen molar-refractivity contribution in [2.45, 2.75) is 52.5 Å². The smallest absolute Gasteiger partial charge is 0.0945 e. The second-order valence-corrected chi connectivity index (χ2v) is 4.19. The van der Waals surface area contributed by atoms with E-state index in [0.29, 0.717) is 0 Å². The van der Waals surface area contributed by atoms with Crippen LogP contribution in [0.15, 0.2) is 18.7 Å². The van der Waals surface area contributed by atoms with Crippen molar-refractivity contribution in [1.29, 1.82) is 0 Å². The molecule has 0 aromatic carbocycles. The van der Waals surface area contributed by atoms with Crippen LogP contribution in [0.5, 0.6) is 0 Å². The average Bonchev–Trinajstić information content (AvgIpc) is 2.68. The summed E-state index contributed by atoms with van der Waals surface area (Å²) in [6.45, 7) is 5.73. The van der Waals surface area contributed by atoms with E-state index in [1.165, 1.54) is 32.1 Å². The lowest BCUT2D eigenvalue weighted by Gasteiger charge is -2.10. The van der Waals surface area contributed by atoms with Gasteiger partial charge in [-0.05, 0) is 12.3 Å². The van der Waals surface area contributed by atoms with Gasteiger partial charge in [0.2, 0.25) is 0 Å². The minimum absolute atomic E-state index is 0.851. The van der Waals surface area contributed by atoms with Crippen molar-refractivity contribution in [3.05, 3.63) is 18.7 Å². The van der Waals surface area contributed by atoms with Crippen LogP contribution in [-0.2, 0) is 6.54 Å². The van der Waals surface area contributed by atoms with E-state index in [1.54, 1.807) is 0 Å². The van der Waals surface area contributed by atoms with Crippen LogP contribution in [0.2, 0.25) is 0 Å². The Kier molecular flexibility index (Phi) is 5.35. The van der Waals surface area contributed by atoms with E-state index in [9.17, 15) is 0 Å². The van der Waals surface area contributed by atoms with Gasteiger partial charge in [0.25, 0.3) is 0 Å². The third-order valence-corrected chi connectivity index (χ3v) is 2.74. The van der Waals surface area contributed by atoms with Crippen molar-refractivity contribution in [3.8, 4) is 0 Å². The zero-order valence-corrected chi connectivity index (χ0v) is 9.45. The van der Waals surface area contributed by atoms with E-state index in [1.807, 2.05) is 18.7 Å². The first-order valence-electron chi connectivity index (χ1n) is 5.78. The molecular weight excluding hydrogens is 172 g/mol. The van der Waals surface area contributed by atoms with Crippen LogP contribution in [0.1, 0.15) is 46.0 Å². The summed E-state index contributed by atoms with van der Waals surface area (Å²) < 4.78 is 2.16. The van der Waals surface area contributed by atoms with E-state index in [4.69, 9.17) is 0 Å². The van der Waals surface area contributed by atoms with Gasteiger partial charge in [0.1, 0.15) is 0 Å². The van der Waals surface area contributed by atoms with Gasteiger partial charge in [0, 0.05) is 18.9 Å². The molecule has 0 aliphatic rings. The Morgan fingerprint density at radius 1 is 1.29 bits per heavy atom. The molecule has 14 heavy (non-hydrogen) atoms. The summed E-state index contributed by atoms with van der Waals surface area (Å²) in [5, 5.41) is 0. The summed E-state index contributed by atoms with van der Waals surface area (Å²) >= 11 is 0. The van der Waals surface area contributed by atoms with Crippen LogP contribution < -0.4 is 0 Å². The molecule has 1 aromatic heterocycles. The zero-order valence-electron chi connectivity index (χ0n) is 9.45. The van der Waals surface area contributed by atoms with Crippen LogP contribution in [0.3, 0.4) is 0 Å². The average molecular weight is 194 g/mol. The molecule has 0 saturated carbocycles. The molecular formula is C12H22N2. The number of hydrogen-bond acceptors (Lipinski definition) is 1. The van der Waals surface area contributed by atoms with Gasteiger partial charge >= 0.3 is 0 Å². The maximum atomic E-state index is 4.04. The Morgan fingerprint density at radius 2 is 2.14 bits per heavy atom. The van der Waals surface area contributed by atoms with Crippen LogP contribution >= 0.6 is 0 Å². The first-order chi connectivity index (χ1) is 6.83. The predicted molar refractivity (Wildman–Crippen MR) is 60.2 cm³/mol. The van der Waals surface area contributed by atoms with Gasteiger partial charge in [-0.2, -0.15) is 0 Å². The third kappa shape index (κ3) is 4.45. The standard InChI is InChI=1S/C12H22N2/c1-3-4-5-6-12(2)7-9-14-10-8-13-11-14/h8,10-12H,3-7,9H2,1-2H3. The highest BCUT2D eigenvalue weighted by molar-refractivity contribution is 4.74. The summed E-state index contributed by atoms with van der Waals surface area (Å²) in [5.41, 5.74) is 0. The van der Waals surface area contributed by atoms with E-state index >= 15 is 0 Å². The molecule has 1 rings (SSSR count). The van der Waals surface area contributed by atoms with Crippen molar-refractivity contribution in [3.63, 3.8) is 0 Å². The molecule has 2 nitrogen and oxygen atoms in total. The van der Waals surface area contributed by atoms with Gasteiger partial charge in [-0.25, -0.2) is 4.98 Å². The Morgan fingerprint density at radius 3 is 2.79 bits per heavy atom. The second-order valence-electron chi connectivity index (χ2n) is 4.19. The number of hydrogen-bond donors (Lipinski definition) is 0. The molecule has 0 radical (unpaired) electrons. The van der Waals surface area contributed by atoms with E-state index in [-0.39, 0.29) is 0 Å².